The molecule has 0 bridgehead atoms. The topological polar surface area (TPSA) is 72.5 Å². The number of rotatable bonds is 7. The molecule has 0 saturated heterocycles. The van der Waals surface area contributed by atoms with E-state index in [0.29, 0.717) is 23.4 Å². The van der Waals surface area contributed by atoms with Crippen molar-refractivity contribution in [3.8, 4) is 0 Å². The standard InChI is InChI=1S/C15H13F4NO4/c1-9(21)10-2-4-11(5-3-10)20-12(22)6-7-13(23)24-8-15(18,19)14(16)17/h2-7,14H,8H2,1H3,(H,20,22). The molecule has 0 spiro atoms. The van der Waals surface area contributed by atoms with E-state index >= 15 is 0 Å². The Morgan fingerprint density at radius 2 is 1.75 bits per heavy atom. The van der Waals surface area contributed by atoms with Crippen LogP contribution in [-0.2, 0) is 14.3 Å². The van der Waals surface area contributed by atoms with Crippen LogP contribution in [0.3, 0.4) is 0 Å². The molecule has 0 aliphatic heterocycles. The molecule has 0 aliphatic carbocycles. The highest BCUT2D eigenvalue weighted by atomic mass is 19.3. The van der Waals surface area contributed by atoms with Crippen LogP contribution in [0.4, 0.5) is 23.2 Å². The molecule has 1 amide bonds. The van der Waals surface area contributed by atoms with Gasteiger partial charge in [-0.05, 0) is 31.2 Å². The Morgan fingerprint density at radius 3 is 2.25 bits per heavy atom. The molecule has 0 heterocycles. The number of amides is 1. The smallest absolute Gasteiger partial charge is 0.340 e. The van der Waals surface area contributed by atoms with Gasteiger partial charge < -0.3 is 10.1 Å². The monoisotopic (exact) mass is 347 g/mol. The summed E-state index contributed by atoms with van der Waals surface area (Å²) in [6, 6.07) is 5.85. The van der Waals surface area contributed by atoms with Gasteiger partial charge in [-0.15, -0.1) is 0 Å². The lowest BCUT2D eigenvalue weighted by molar-refractivity contribution is -0.176. The Hall–Kier alpha value is -2.71. The third-order valence-corrected chi connectivity index (χ3v) is 2.66. The van der Waals surface area contributed by atoms with Crippen molar-refractivity contribution in [3.05, 3.63) is 42.0 Å². The van der Waals surface area contributed by atoms with Gasteiger partial charge in [0.05, 0.1) is 0 Å². The number of benzene rings is 1. The lowest BCUT2D eigenvalue weighted by atomic mass is 10.1. The normalized spacial score (nSPS) is 11.6. The Kier molecular flexibility index (Phi) is 6.63. The number of ketones is 1. The number of ether oxygens (including phenoxy) is 1. The summed E-state index contributed by atoms with van der Waals surface area (Å²) in [6.07, 6.45) is -2.74. The van der Waals surface area contributed by atoms with Gasteiger partial charge in [0.2, 0.25) is 5.91 Å². The van der Waals surface area contributed by atoms with Crippen LogP contribution in [0, 0.1) is 0 Å². The van der Waals surface area contributed by atoms with Crippen molar-refractivity contribution in [1.82, 2.24) is 0 Å². The van der Waals surface area contributed by atoms with Crippen molar-refractivity contribution >= 4 is 23.3 Å². The number of Topliss-reactive ketones (excluding diaryl/α,β-unsaturated/α-hetero) is 1. The summed E-state index contributed by atoms with van der Waals surface area (Å²) in [5, 5.41) is 2.34. The van der Waals surface area contributed by atoms with Gasteiger partial charge in [0.25, 0.3) is 0 Å². The van der Waals surface area contributed by atoms with Crippen molar-refractivity contribution < 1.29 is 36.7 Å². The van der Waals surface area contributed by atoms with Gasteiger partial charge >= 0.3 is 18.3 Å². The second kappa shape index (κ2) is 8.23. The van der Waals surface area contributed by atoms with Gasteiger partial charge in [0, 0.05) is 23.4 Å². The number of hydrogen-bond donors (Lipinski definition) is 1. The van der Waals surface area contributed by atoms with Crippen LogP contribution >= 0.6 is 0 Å². The lowest BCUT2D eigenvalue weighted by Gasteiger charge is -2.13. The number of esters is 1. The maximum Gasteiger partial charge on any atom is 0.340 e. The van der Waals surface area contributed by atoms with Crippen molar-refractivity contribution in [3.63, 3.8) is 0 Å². The highest BCUT2D eigenvalue weighted by Gasteiger charge is 2.42. The molecular formula is C15H13F4NO4. The molecule has 0 fully saturated rings. The average Bonchev–Trinajstić information content (AvgIpc) is 2.51. The van der Waals surface area contributed by atoms with Crippen LogP contribution in [0.15, 0.2) is 36.4 Å². The van der Waals surface area contributed by atoms with E-state index in [9.17, 15) is 31.9 Å². The highest BCUT2D eigenvalue weighted by molar-refractivity contribution is 6.03. The second-order valence-corrected chi connectivity index (χ2v) is 4.63. The first-order valence-electron chi connectivity index (χ1n) is 6.54. The SMILES string of the molecule is CC(=O)c1ccc(NC(=O)C=CC(=O)OCC(F)(F)C(F)F)cc1. The fraction of sp³-hybridized carbons (Fsp3) is 0.267. The minimum absolute atomic E-state index is 0.156. The zero-order valence-electron chi connectivity index (χ0n) is 12.4. The lowest BCUT2D eigenvalue weighted by Crippen LogP contribution is -2.33. The maximum atomic E-state index is 12.5. The van der Waals surface area contributed by atoms with Gasteiger partial charge in [0.1, 0.15) is 0 Å². The van der Waals surface area contributed by atoms with Gasteiger partial charge in [-0.25, -0.2) is 13.6 Å². The van der Waals surface area contributed by atoms with E-state index < -0.39 is 30.8 Å². The molecule has 24 heavy (non-hydrogen) atoms. The number of carbonyl (C=O) groups is 3. The number of nitrogens with one attached hydrogen (secondary N) is 1. The summed E-state index contributed by atoms with van der Waals surface area (Å²) in [5.41, 5.74) is 0.763. The summed E-state index contributed by atoms with van der Waals surface area (Å²) >= 11 is 0. The molecule has 5 nitrogen and oxygen atoms in total. The van der Waals surface area contributed by atoms with E-state index in [1.54, 1.807) is 0 Å². The van der Waals surface area contributed by atoms with Gasteiger partial charge in [-0.2, -0.15) is 8.78 Å². The van der Waals surface area contributed by atoms with Gasteiger partial charge in [-0.3, -0.25) is 9.59 Å². The quantitative estimate of drug-likeness (QED) is 0.356. The van der Waals surface area contributed by atoms with Crippen LogP contribution in [0.25, 0.3) is 0 Å². The van der Waals surface area contributed by atoms with Crippen molar-refractivity contribution in [2.75, 3.05) is 11.9 Å². The van der Waals surface area contributed by atoms with Crippen LogP contribution in [0.5, 0.6) is 0 Å². The summed E-state index contributed by atoms with van der Waals surface area (Å²) in [5.74, 6) is -6.75. The molecule has 9 heteroatoms. The Labute approximate surface area is 134 Å². The first-order chi connectivity index (χ1) is 11.1. The summed E-state index contributed by atoms with van der Waals surface area (Å²) in [7, 11) is 0. The summed E-state index contributed by atoms with van der Waals surface area (Å²) in [4.78, 5) is 33.7. The molecule has 1 rings (SSSR count). The molecular weight excluding hydrogens is 334 g/mol. The third-order valence-electron chi connectivity index (χ3n) is 2.66. The van der Waals surface area contributed by atoms with Crippen LogP contribution < -0.4 is 5.32 Å². The molecule has 0 unspecified atom stereocenters. The predicted molar refractivity (Wildman–Crippen MR) is 76.1 cm³/mol. The number of halogens is 4. The van der Waals surface area contributed by atoms with Gasteiger partial charge in [-0.1, -0.05) is 0 Å². The van der Waals surface area contributed by atoms with Crippen molar-refractivity contribution in [1.29, 1.82) is 0 Å². The minimum atomic E-state index is -4.45. The zero-order chi connectivity index (χ0) is 18.3. The Bertz CT molecular complexity index is 641. The molecule has 0 saturated carbocycles. The number of anilines is 1. The van der Waals surface area contributed by atoms with Gasteiger partial charge in [0.15, 0.2) is 12.4 Å². The van der Waals surface area contributed by atoms with E-state index in [4.69, 9.17) is 0 Å². The molecule has 0 aliphatic rings. The van der Waals surface area contributed by atoms with Crippen LogP contribution in [0.1, 0.15) is 17.3 Å². The molecule has 0 atom stereocenters. The largest absolute Gasteiger partial charge is 0.456 e. The van der Waals surface area contributed by atoms with E-state index in [1.807, 2.05) is 0 Å². The predicted octanol–water partition coefficient (Wildman–Crippen LogP) is 2.83. The van der Waals surface area contributed by atoms with E-state index in [0.717, 1.165) is 0 Å². The fourth-order valence-electron chi connectivity index (χ4n) is 1.39. The van der Waals surface area contributed by atoms with Crippen molar-refractivity contribution in [2.24, 2.45) is 0 Å². The Morgan fingerprint density at radius 1 is 1.17 bits per heavy atom. The summed E-state index contributed by atoms with van der Waals surface area (Å²) in [6.45, 7) is -0.415. The van der Waals surface area contributed by atoms with E-state index in [-0.39, 0.29) is 5.78 Å². The molecule has 130 valence electrons. The number of alkyl halides is 4. The van der Waals surface area contributed by atoms with E-state index in [2.05, 4.69) is 10.1 Å². The summed E-state index contributed by atoms with van der Waals surface area (Å²) < 4.78 is 52.7. The van der Waals surface area contributed by atoms with Crippen LogP contribution in [0.2, 0.25) is 0 Å². The molecule has 0 aromatic heterocycles. The maximum absolute atomic E-state index is 12.5. The molecule has 1 aromatic carbocycles. The Balaban J connectivity index is 2.50. The first kappa shape index (κ1) is 19.3. The first-order valence-corrected chi connectivity index (χ1v) is 6.54. The van der Waals surface area contributed by atoms with Crippen LogP contribution in [-0.4, -0.2) is 36.6 Å². The van der Waals surface area contributed by atoms with Crippen molar-refractivity contribution in [2.45, 2.75) is 19.3 Å². The molecule has 1 N–H and O–H groups in total. The number of hydrogen-bond acceptors (Lipinski definition) is 4. The highest BCUT2D eigenvalue weighted by Crippen LogP contribution is 2.22. The fourth-order valence-corrected chi connectivity index (χ4v) is 1.39. The number of carbonyl (C=O) groups excluding carboxylic acids is 3. The minimum Gasteiger partial charge on any atom is -0.456 e. The molecule has 1 aromatic rings. The molecule has 0 radical (unpaired) electrons. The third kappa shape index (κ3) is 6.19. The average molecular weight is 347 g/mol. The van der Waals surface area contributed by atoms with E-state index in [1.165, 1.54) is 31.2 Å². The zero-order valence-corrected chi connectivity index (χ0v) is 12.4. The second-order valence-electron chi connectivity index (χ2n) is 4.63.